The normalized spacial score (nSPS) is 17.0. The summed E-state index contributed by atoms with van der Waals surface area (Å²) in [6.45, 7) is 5.70. The summed E-state index contributed by atoms with van der Waals surface area (Å²) in [5.41, 5.74) is 1.64. The van der Waals surface area contributed by atoms with Gasteiger partial charge in [0.05, 0.1) is 22.2 Å². The lowest BCUT2D eigenvalue weighted by Gasteiger charge is -2.27. The van der Waals surface area contributed by atoms with Crippen LogP contribution < -0.4 is 10.9 Å². The summed E-state index contributed by atoms with van der Waals surface area (Å²) in [6, 6.07) is 2.23. The van der Waals surface area contributed by atoms with E-state index in [4.69, 9.17) is 32.4 Å². The van der Waals surface area contributed by atoms with Crippen LogP contribution >= 0.6 is 23.2 Å². The van der Waals surface area contributed by atoms with Gasteiger partial charge in [-0.05, 0) is 45.7 Å². The molecule has 0 aliphatic carbocycles. The van der Waals surface area contributed by atoms with E-state index in [0.717, 1.165) is 0 Å². The van der Waals surface area contributed by atoms with Crippen LogP contribution in [0.25, 0.3) is 11.0 Å². The van der Waals surface area contributed by atoms with Gasteiger partial charge < -0.3 is 9.15 Å². The van der Waals surface area contributed by atoms with Gasteiger partial charge in [0.15, 0.2) is 5.58 Å². The van der Waals surface area contributed by atoms with Crippen LogP contribution in [0.5, 0.6) is 0 Å². The highest BCUT2D eigenvalue weighted by atomic mass is 35.5. The van der Waals surface area contributed by atoms with Gasteiger partial charge in [-0.2, -0.15) is 5.10 Å². The van der Waals surface area contributed by atoms with E-state index in [2.05, 4.69) is 10.5 Å². The molecule has 1 aromatic carbocycles. The number of hydrogen-bond donors (Lipinski definition) is 1. The van der Waals surface area contributed by atoms with Crippen LogP contribution in [0.1, 0.15) is 39.2 Å². The summed E-state index contributed by atoms with van der Waals surface area (Å²) >= 11 is 12.0. The first kappa shape index (κ1) is 22.1. The molecule has 10 heteroatoms. The maximum Gasteiger partial charge on any atom is 0.410 e. The lowest BCUT2D eigenvalue weighted by atomic mass is 10.2. The number of hydrogen-bond acceptors (Lipinski definition) is 6. The summed E-state index contributed by atoms with van der Waals surface area (Å²) in [5.74, 6) is -0.467. The molecule has 2 aromatic rings. The first-order chi connectivity index (χ1) is 14.1. The van der Waals surface area contributed by atoms with Crippen LogP contribution in [0.3, 0.4) is 0 Å². The van der Waals surface area contributed by atoms with Crippen molar-refractivity contribution in [3.05, 3.63) is 44.2 Å². The highest BCUT2D eigenvalue weighted by molar-refractivity contribution is 6.38. The van der Waals surface area contributed by atoms with Gasteiger partial charge >= 0.3 is 6.09 Å². The maximum atomic E-state index is 12.6. The molecule has 1 unspecified atom stereocenters. The molecule has 1 atom stereocenters. The molecule has 1 fully saturated rings. The lowest BCUT2D eigenvalue weighted by molar-refractivity contribution is -0.125. The van der Waals surface area contributed by atoms with Crippen molar-refractivity contribution in [3.63, 3.8) is 0 Å². The Kier molecular flexibility index (Phi) is 6.38. The molecule has 8 nitrogen and oxygen atoms in total. The molecule has 1 N–H and O–H groups in total. The number of benzene rings is 1. The Balaban J connectivity index is 1.72. The van der Waals surface area contributed by atoms with Crippen molar-refractivity contribution in [1.82, 2.24) is 10.3 Å². The van der Waals surface area contributed by atoms with Crippen molar-refractivity contribution in [2.24, 2.45) is 5.10 Å². The zero-order valence-corrected chi connectivity index (χ0v) is 18.2. The summed E-state index contributed by atoms with van der Waals surface area (Å²) in [5, 5.41) is 4.56. The average Bonchev–Trinajstić information content (AvgIpc) is 3.12. The number of ether oxygens (including phenoxy) is 1. The van der Waals surface area contributed by atoms with Crippen LogP contribution in [-0.4, -0.2) is 41.3 Å². The van der Waals surface area contributed by atoms with Crippen LogP contribution in [0.2, 0.25) is 10.0 Å². The number of carbonyl (C=O) groups is 2. The third-order valence-electron chi connectivity index (χ3n) is 4.38. The molecular weight excluding hydrogens is 433 g/mol. The quantitative estimate of drug-likeness (QED) is 0.559. The second-order valence-corrected chi connectivity index (χ2v) is 8.69. The largest absolute Gasteiger partial charge is 0.462 e. The second-order valence-electron chi connectivity index (χ2n) is 7.85. The van der Waals surface area contributed by atoms with Crippen LogP contribution in [-0.2, 0) is 9.53 Å². The lowest BCUT2D eigenvalue weighted by Crippen LogP contribution is -2.46. The Morgan fingerprint density at radius 1 is 1.33 bits per heavy atom. The standard InChI is InChI=1S/C20H21Cl2N3O5/c1-20(2,3)30-19(28)25-6-4-5-15(25)18(27)24-23-9-11-10-29-17-13(16(11)26)7-12(21)8-14(17)22/h7-10,15H,4-6H2,1-3H3,(H,24,27). The molecule has 1 aromatic heterocycles. The van der Waals surface area contributed by atoms with E-state index in [1.165, 1.54) is 29.5 Å². The average molecular weight is 454 g/mol. The zero-order valence-electron chi connectivity index (χ0n) is 16.7. The monoisotopic (exact) mass is 453 g/mol. The molecule has 2 amide bonds. The minimum absolute atomic E-state index is 0.108. The molecule has 0 bridgehead atoms. The fraction of sp³-hybridized carbons (Fsp3) is 0.400. The number of amides is 2. The molecular formula is C20H21Cl2N3O5. The Hall–Kier alpha value is -2.58. The summed E-state index contributed by atoms with van der Waals surface area (Å²) in [6.07, 6.45) is 2.99. The Morgan fingerprint density at radius 2 is 2.07 bits per heavy atom. The van der Waals surface area contributed by atoms with Crippen LogP contribution in [0.4, 0.5) is 4.79 Å². The number of likely N-dealkylation sites (tertiary alicyclic amines) is 1. The van der Waals surface area contributed by atoms with Gasteiger partial charge in [0, 0.05) is 11.6 Å². The molecule has 3 rings (SSSR count). The second kappa shape index (κ2) is 8.65. The Labute approximate surface area is 182 Å². The summed E-state index contributed by atoms with van der Waals surface area (Å²) in [4.78, 5) is 38.8. The topological polar surface area (TPSA) is 101 Å². The zero-order chi connectivity index (χ0) is 22.1. The third kappa shape index (κ3) is 4.94. The Bertz CT molecular complexity index is 1070. The van der Waals surface area contributed by atoms with Gasteiger partial charge in [0.1, 0.15) is 17.9 Å². The number of hydrazone groups is 1. The molecule has 1 aliphatic heterocycles. The molecule has 0 spiro atoms. The number of halogens is 2. The molecule has 2 heterocycles. The fourth-order valence-corrected chi connectivity index (χ4v) is 3.63. The van der Waals surface area contributed by atoms with Crippen molar-refractivity contribution >= 4 is 52.4 Å². The van der Waals surface area contributed by atoms with E-state index < -0.39 is 29.1 Å². The van der Waals surface area contributed by atoms with Gasteiger partial charge in [-0.25, -0.2) is 10.2 Å². The van der Waals surface area contributed by atoms with E-state index in [-0.39, 0.29) is 21.6 Å². The van der Waals surface area contributed by atoms with Crippen LogP contribution in [0, 0.1) is 0 Å². The van der Waals surface area contributed by atoms with Gasteiger partial charge in [-0.1, -0.05) is 23.2 Å². The van der Waals surface area contributed by atoms with Gasteiger partial charge in [-0.3, -0.25) is 14.5 Å². The van der Waals surface area contributed by atoms with Crippen molar-refractivity contribution in [1.29, 1.82) is 0 Å². The summed E-state index contributed by atoms with van der Waals surface area (Å²) in [7, 11) is 0. The van der Waals surface area contributed by atoms with Crippen molar-refractivity contribution in [2.45, 2.75) is 45.3 Å². The van der Waals surface area contributed by atoms with Crippen molar-refractivity contribution < 1.29 is 18.7 Å². The minimum atomic E-state index is -0.692. The van der Waals surface area contributed by atoms with E-state index in [0.29, 0.717) is 24.4 Å². The minimum Gasteiger partial charge on any atom is -0.462 e. The number of rotatable bonds is 3. The van der Waals surface area contributed by atoms with Crippen molar-refractivity contribution in [2.75, 3.05) is 6.54 Å². The SMILES string of the molecule is CC(C)(C)OC(=O)N1CCCC1C(=O)NN=Cc1coc2c(Cl)cc(Cl)cc2c1=O. The molecule has 1 aliphatic rings. The van der Waals surface area contributed by atoms with Crippen LogP contribution in [0.15, 0.2) is 32.7 Å². The molecule has 0 saturated carbocycles. The predicted octanol–water partition coefficient (Wildman–Crippen LogP) is 3.95. The van der Waals surface area contributed by atoms with Gasteiger partial charge in [-0.15, -0.1) is 0 Å². The van der Waals surface area contributed by atoms with Gasteiger partial charge in [0.2, 0.25) is 5.43 Å². The Morgan fingerprint density at radius 3 is 2.77 bits per heavy atom. The van der Waals surface area contributed by atoms with Gasteiger partial charge in [0.25, 0.3) is 5.91 Å². The smallest absolute Gasteiger partial charge is 0.410 e. The predicted molar refractivity (Wildman–Crippen MR) is 114 cm³/mol. The van der Waals surface area contributed by atoms with E-state index >= 15 is 0 Å². The maximum absolute atomic E-state index is 12.6. The van der Waals surface area contributed by atoms with E-state index in [1.54, 1.807) is 20.8 Å². The first-order valence-electron chi connectivity index (χ1n) is 9.30. The first-order valence-corrected chi connectivity index (χ1v) is 10.1. The number of carbonyl (C=O) groups excluding carboxylic acids is 2. The highest BCUT2D eigenvalue weighted by Gasteiger charge is 2.36. The summed E-state index contributed by atoms with van der Waals surface area (Å²) < 4.78 is 10.7. The fourth-order valence-electron chi connectivity index (χ4n) is 3.09. The molecule has 30 heavy (non-hydrogen) atoms. The molecule has 160 valence electrons. The van der Waals surface area contributed by atoms with E-state index in [1.807, 2.05) is 0 Å². The number of nitrogens with zero attached hydrogens (tertiary/aromatic N) is 2. The molecule has 0 radical (unpaired) electrons. The van der Waals surface area contributed by atoms with E-state index in [9.17, 15) is 14.4 Å². The highest BCUT2D eigenvalue weighted by Crippen LogP contribution is 2.26. The number of fused-ring (bicyclic) bond motifs is 1. The third-order valence-corrected chi connectivity index (χ3v) is 4.88. The molecule has 1 saturated heterocycles. The number of nitrogens with one attached hydrogen (secondary N) is 1. The van der Waals surface area contributed by atoms with Crippen molar-refractivity contribution in [3.8, 4) is 0 Å².